The number of aryl methyl sites for hydroxylation is 1. The molecule has 0 fully saturated rings. The second-order valence-electron chi connectivity index (χ2n) is 3.93. The second-order valence-corrected chi connectivity index (χ2v) is 3.93. The minimum absolute atomic E-state index is 0.335. The van der Waals surface area contributed by atoms with Crippen molar-refractivity contribution in [2.24, 2.45) is 0 Å². The fourth-order valence-corrected chi connectivity index (χ4v) is 1.41. The minimum Gasteiger partial charge on any atom is -0.491 e. The second kappa shape index (κ2) is 7.25. The van der Waals surface area contributed by atoms with Gasteiger partial charge in [-0.1, -0.05) is 25.1 Å². The van der Waals surface area contributed by atoms with E-state index >= 15 is 0 Å². The third kappa shape index (κ3) is 4.64. The van der Waals surface area contributed by atoms with E-state index in [1.54, 1.807) is 0 Å². The first-order valence-corrected chi connectivity index (χ1v) is 5.81. The maximum Gasteiger partial charge on any atom is 0.122 e. The summed E-state index contributed by atoms with van der Waals surface area (Å²) >= 11 is 0. The van der Waals surface area contributed by atoms with Crippen molar-refractivity contribution in [3.63, 3.8) is 0 Å². The van der Waals surface area contributed by atoms with Crippen molar-refractivity contribution < 1.29 is 9.84 Å². The van der Waals surface area contributed by atoms with Crippen LogP contribution in [0.15, 0.2) is 24.3 Å². The van der Waals surface area contributed by atoms with Crippen LogP contribution in [0.1, 0.15) is 18.9 Å². The molecule has 1 aromatic carbocycles. The molecule has 0 aromatic heterocycles. The van der Waals surface area contributed by atoms with E-state index in [-0.39, 0.29) is 0 Å². The zero-order valence-electron chi connectivity index (χ0n) is 10.1. The van der Waals surface area contributed by atoms with Crippen LogP contribution in [0.3, 0.4) is 0 Å². The molecule has 0 aliphatic heterocycles. The van der Waals surface area contributed by atoms with Gasteiger partial charge in [0.25, 0.3) is 0 Å². The van der Waals surface area contributed by atoms with E-state index in [1.165, 1.54) is 0 Å². The van der Waals surface area contributed by atoms with E-state index < -0.39 is 6.10 Å². The summed E-state index contributed by atoms with van der Waals surface area (Å²) in [6.07, 6.45) is 0.622. The van der Waals surface area contributed by atoms with Crippen molar-refractivity contribution in [2.75, 3.05) is 19.7 Å². The molecule has 0 aliphatic rings. The Morgan fingerprint density at radius 2 is 2.12 bits per heavy atom. The molecule has 3 nitrogen and oxygen atoms in total. The van der Waals surface area contributed by atoms with Gasteiger partial charge in [-0.05, 0) is 31.5 Å². The lowest BCUT2D eigenvalue weighted by Gasteiger charge is -2.14. The number of aliphatic hydroxyl groups is 1. The van der Waals surface area contributed by atoms with Gasteiger partial charge < -0.3 is 15.2 Å². The lowest BCUT2D eigenvalue weighted by Crippen LogP contribution is -2.31. The lowest BCUT2D eigenvalue weighted by molar-refractivity contribution is 0.106. The standard InChI is InChI=1S/C13H21NO2/c1-3-8-14-9-12(15)10-16-13-7-5-4-6-11(13)2/h4-7,12,14-15H,3,8-10H2,1-2H3. The predicted molar refractivity (Wildman–Crippen MR) is 65.8 cm³/mol. The molecule has 0 saturated heterocycles. The van der Waals surface area contributed by atoms with Crippen molar-refractivity contribution in [1.29, 1.82) is 0 Å². The Bertz CT molecular complexity index is 302. The molecular weight excluding hydrogens is 202 g/mol. The van der Waals surface area contributed by atoms with E-state index in [4.69, 9.17) is 4.74 Å². The van der Waals surface area contributed by atoms with Crippen LogP contribution in [-0.2, 0) is 0 Å². The van der Waals surface area contributed by atoms with Crippen LogP contribution in [0.5, 0.6) is 5.75 Å². The van der Waals surface area contributed by atoms with Gasteiger partial charge in [-0.3, -0.25) is 0 Å². The summed E-state index contributed by atoms with van der Waals surface area (Å²) in [5.41, 5.74) is 1.09. The Hall–Kier alpha value is -1.06. The Labute approximate surface area is 97.4 Å². The van der Waals surface area contributed by atoms with Gasteiger partial charge in [0.05, 0.1) is 0 Å². The molecule has 1 atom stereocenters. The number of para-hydroxylation sites is 1. The van der Waals surface area contributed by atoms with Crippen LogP contribution in [0.4, 0.5) is 0 Å². The van der Waals surface area contributed by atoms with Crippen LogP contribution in [0.2, 0.25) is 0 Å². The van der Waals surface area contributed by atoms with E-state index in [2.05, 4.69) is 12.2 Å². The Morgan fingerprint density at radius 3 is 2.81 bits per heavy atom. The van der Waals surface area contributed by atoms with Crippen molar-refractivity contribution in [1.82, 2.24) is 5.32 Å². The molecule has 0 aliphatic carbocycles. The van der Waals surface area contributed by atoms with Gasteiger partial charge >= 0.3 is 0 Å². The van der Waals surface area contributed by atoms with Gasteiger partial charge in [-0.15, -0.1) is 0 Å². The summed E-state index contributed by atoms with van der Waals surface area (Å²) < 4.78 is 5.54. The SMILES string of the molecule is CCCNCC(O)COc1ccccc1C. The summed E-state index contributed by atoms with van der Waals surface area (Å²) in [4.78, 5) is 0. The third-order valence-electron chi connectivity index (χ3n) is 2.33. The molecule has 1 unspecified atom stereocenters. The highest BCUT2D eigenvalue weighted by Crippen LogP contribution is 2.15. The molecule has 1 rings (SSSR count). The van der Waals surface area contributed by atoms with Crippen LogP contribution < -0.4 is 10.1 Å². The largest absolute Gasteiger partial charge is 0.491 e. The molecule has 0 amide bonds. The number of aliphatic hydroxyl groups excluding tert-OH is 1. The van der Waals surface area contributed by atoms with Crippen molar-refractivity contribution in [3.8, 4) is 5.75 Å². The van der Waals surface area contributed by atoms with Crippen molar-refractivity contribution in [3.05, 3.63) is 29.8 Å². The van der Waals surface area contributed by atoms with E-state index in [0.717, 1.165) is 24.3 Å². The molecule has 1 aromatic rings. The van der Waals surface area contributed by atoms with Crippen LogP contribution in [0, 0.1) is 6.92 Å². The number of nitrogens with one attached hydrogen (secondary N) is 1. The van der Waals surface area contributed by atoms with Crippen LogP contribution in [-0.4, -0.2) is 30.9 Å². The summed E-state index contributed by atoms with van der Waals surface area (Å²) in [7, 11) is 0. The lowest BCUT2D eigenvalue weighted by atomic mass is 10.2. The third-order valence-corrected chi connectivity index (χ3v) is 2.33. The predicted octanol–water partition coefficient (Wildman–Crippen LogP) is 1.73. The average molecular weight is 223 g/mol. The first-order valence-electron chi connectivity index (χ1n) is 5.81. The molecule has 2 N–H and O–H groups in total. The van der Waals surface area contributed by atoms with E-state index in [9.17, 15) is 5.11 Å². The summed E-state index contributed by atoms with van der Waals surface area (Å²) in [6, 6.07) is 7.82. The quantitative estimate of drug-likeness (QED) is 0.692. The molecule has 90 valence electrons. The topological polar surface area (TPSA) is 41.5 Å². The monoisotopic (exact) mass is 223 g/mol. The highest BCUT2D eigenvalue weighted by atomic mass is 16.5. The molecule has 0 spiro atoms. The molecule has 0 bridgehead atoms. The number of ether oxygens (including phenoxy) is 1. The fraction of sp³-hybridized carbons (Fsp3) is 0.538. The number of hydrogen-bond donors (Lipinski definition) is 2. The smallest absolute Gasteiger partial charge is 0.122 e. The summed E-state index contributed by atoms with van der Waals surface area (Å²) in [5, 5.41) is 12.8. The maximum absolute atomic E-state index is 9.64. The van der Waals surface area contributed by atoms with Gasteiger partial charge in [0.1, 0.15) is 18.5 Å². The molecule has 16 heavy (non-hydrogen) atoms. The minimum atomic E-state index is -0.453. The van der Waals surface area contributed by atoms with Gasteiger partial charge in [-0.2, -0.15) is 0 Å². The summed E-state index contributed by atoms with van der Waals surface area (Å²) in [5.74, 6) is 0.844. The average Bonchev–Trinajstić information content (AvgIpc) is 2.28. The normalized spacial score (nSPS) is 12.4. The molecule has 3 heteroatoms. The molecular formula is C13H21NO2. The summed E-state index contributed by atoms with van der Waals surface area (Å²) in [6.45, 7) is 5.95. The maximum atomic E-state index is 9.64. The Morgan fingerprint density at radius 1 is 1.38 bits per heavy atom. The Balaban J connectivity index is 2.26. The number of rotatable bonds is 7. The highest BCUT2D eigenvalue weighted by Gasteiger charge is 2.05. The molecule has 0 saturated carbocycles. The zero-order chi connectivity index (χ0) is 11.8. The molecule has 0 radical (unpaired) electrons. The first kappa shape index (κ1) is 13.0. The van der Waals surface area contributed by atoms with Crippen molar-refractivity contribution in [2.45, 2.75) is 26.4 Å². The Kier molecular flexibility index (Phi) is 5.90. The van der Waals surface area contributed by atoms with Crippen LogP contribution in [0.25, 0.3) is 0 Å². The highest BCUT2D eigenvalue weighted by molar-refractivity contribution is 5.31. The first-order chi connectivity index (χ1) is 7.74. The van der Waals surface area contributed by atoms with Gasteiger partial charge in [0.15, 0.2) is 0 Å². The molecule has 0 heterocycles. The fourth-order valence-electron chi connectivity index (χ4n) is 1.41. The number of benzene rings is 1. The number of hydrogen-bond acceptors (Lipinski definition) is 3. The van der Waals surface area contributed by atoms with E-state index in [1.807, 2.05) is 31.2 Å². The van der Waals surface area contributed by atoms with Gasteiger partial charge in [-0.25, -0.2) is 0 Å². The zero-order valence-corrected chi connectivity index (χ0v) is 10.1. The van der Waals surface area contributed by atoms with Crippen LogP contribution >= 0.6 is 0 Å². The van der Waals surface area contributed by atoms with Crippen molar-refractivity contribution >= 4 is 0 Å². The van der Waals surface area contributed by atoms with Gasteiger partial charge in [0.2, 0.25) is 0 Å². The van der Waals surface area contributed by atoms with Gasteiger partial charge in [0, 0.05) is 6.54 Å². The van der Waals surface area contributed by atoms with E-state index in [0.29, 0.717) is 13.2 Å².